The molecule has 2 aromatic rings. The third kappa shape index (κ3) is 3.51. The van der Waals surface area contributed by atoms with Gasteiger partial charge in [-0.05, 0) is 36.2 Å². The fourth-order valence-corrected chi connectivity index (χ4v) is 3.01. The zero-order valence-corrected chi connectivity index (χ0v) is 14.0. The van der Waals surface area contributed by atoms with Gasteiger partial charge in [0.05, 0.1) is 7.11 Å². The summed E-state index contributed by atoms with van der Waals surface area (Å²) in [5.41, 5.74) is 0.648. The zero-order chi connectivity index (χ0) is 18.8. The van der Waals surface area contributed by atoms with Crippen molar-refractivity contribution in [1.82, 2.24) is 5.32 Å². The average molecular weight is 361 g/mol. The Balaban J connectivity index is 1.63. The van der Waals surface area contributed by atoms with Crippen LogP contribution in [0.15, 0.2) is 36.4 Å². The molecule has 0 unspecified atom stereocenters. The van der Waals surface area contributed by atoms with Crippen molar-refractivity contribution in [2.45, 2.75) is 18.9 Å². The SMILES string of the molecule is COc1cc(CNC(=O)[C@@H]2C[C@@H]2c2c(F)cccc2F)ccc1C(=O)O. The third-order valence-electron chi connectivity index (χ3n) is 4.46. The van der Waals surface area contributed by atoms with E-state index >= 15 is 0 Å². The average Bonchev–Trinajstić information content (AvgIpc) is 3.39. The molecular formula is C19H17F2NO4. The molecule has 0 spiro atoms. The van der Waals surface area contributed by atoms with Crippen LogP contribution in [0.5, 0.6) is 5.75 Å². The molecule has 3 rings (SSSR count). The second kappa shape index (κ2) is 7.11. The van der Waals surface area contributed by atoms with E-state index in [9.17, 15) is 18.4 Å². The predicted molar refractivity (Wildman–Crippen MR) is 89.0 cm³/mol. The van der Waals surface area contributed by atoms with E-state index in [0.717, 1.165) is 0 Å². The van der Waals surface area contributed by atoms with Gasteiger partial charge in [-0.25, -0.2) is 13.6 Å². The first-order valence-corrected chi connectivity index (χ1v) is 8.04. The van der Waals surface area contributed by atoms with Gasteiger partial charge in [0, 0.05) is 23.9 Å². The molecule has 136 valence electrons. The first-order valence-electron chi connectivity index (χ1n) is 8.04. The lowest BCUT2D eigenvalue weighted by molar-refractivity contribution is -0.122. The van der Waals surface area contributed by atoms with Gasteiger partial charge >= 0.3 is 5.97 Å². The van der Waals surface area contributed by atoms with Crippen molar-refractivity contribution in [1.29, 1.82) is 0 Å². The van der Waals surface area contributed by atoms with Gasteiger partial charge in [-0.1, -0.05) is 12.1 Å². The summed E-state index contributed by atoms with van der Waals surface area (Å²) in [7, 11) is 1.36. The highest BCUT2D eigenvalue weighted by molar-refractivity contribution is 5.91. The Morgan fingerprint density at radius 1 is 1.23 bits per heavy atom. The first-order chi connectivity index (χ1) is 12.4. The number of hydrogen-bond acceptors (Lipinski definition) is 3. The largest absolute Gasteiger partial charge is 0.496 e. The highest BCUT2D eigenvalue weighted by atomic mass is 19.1. The number of carbonyl (C=O) groups is 2. The first kappa shape index (κ1) is 17.8. The van der Waals surface area contributed by atoms with E-state index in [4.69, 9.17) is 9.84 Å². The molecule has 7 heteroatoms. The van der Waals surface area contributed by atoms with E-state index in [0.29, 0.717) is 12.0 Å². The van der Waals surface area contributed by atoms with Crippen LogP contribution in [-0.2, 0) is 11.3 Å². The summed E-state index contributed by atoms with van der Waals surface area (Å²) in [5.74, 6) is -3.41. The number of nitrogens with one attached hydrogen (secondary N) is 1. The molecule has 0 heterocycles. The summed E-state index contributed by atoms with van der Waals surface area (Å²) in [6, 6.07) is 8.17. The summed E-state index contributed by atoms with van der Waals surface area (Å²) in [5, 5.41) is 11.8. The molecule has 0 saturated heterocycles. The molecule has 1 aliphatic rings. The molecule has 26 heavy (non-hydrogen) atoms. The number of amides is 1. The lowest BCUT2D eigenvalue weighted by Gasteiger charge is -2.09. The van der Waals surface area contributed by atoms with Gasteiger partial charge in [0.25, 0.3) is 0 Å². The Morgan fingerprint density at radius 3 is 2.54 bits per heavy atom. The fourth-order valence-electron chi connectivity index (χ4n) is 3.01. The second-order valence-corrected chi connectivity index (χ2v) is 6.14. The number of carboxylic acid groups (broad SMARTS) is 1. The number of benzene rings is 2. The van der Waals surface area contributed by atoms with Gasteiger partial charge in [-0.2, -0.15) is 0 Å². The molecule has 0 bridgehead atoms. The highest BCUT2D eigenvalue weighted by Gasteiger charge is 2.46. The maximum Gasteiger partial charge on any atom is 0.339 e. The number of hydrogen-bond donors (Lipinski definition) is 2. The number of carboxylic acids is 1. The Labute approximate surface area is 148 Å². The molecule has 1 amide bonds. The van der Waals surface area contributed by atoms with Crippen LogP contribution < -0.4 is 10.1 Å². The van der Waals surface area contributed by atoms with Gasteiger partial charge in [-0.3, -0.25) is 4.79 Å². The lowest BCUT2D eigenvalue weighted by Crippen LogP contribution is -2.25. The van der Waals surface area contributed by atoms with Gasteiger partial charge in [0.2, 0.25) is 5.91 Å². The van der Waals surface area contributed by atoms with Gasteiger partial charge in [0.1, 0.15) is 22.9 Å². The Kier molecular flexibility index (Phi) is 4.88. The van der Waals surface area contributed by atoms with E-state index in [1.165, 1.54) is 37.4 Å². The second-order valence-electron chi connectivity index (χ2n) is 6.14. The normalized spacial score (nSPS) is 18.3. The van der Waals surface area contributed by atoms with Crippen LogP contribution in [0.3, 0.4) is 0 Å². The van der Waals surface area contributed by atoms with Crippen LogP contribution in [-0.4, -0.2) is 24.1 Å². The zero-order valence-electron chi connectivity index (χ0n) is 14.0. The molecule has 0 aromatic heterocycles. The van der Waals surface area contributed by atoms with Crippen LogP contribution in [0.4, 0.5) is 8.78 Å². The minimum atomic E-state index is -1.11. The quantitative estimate of drug-likeness (QED) is 0.829. The number of ether oxygens (including phenoxy) is 1. The van der Waals surface area contributed by atoms with E-state index in [2.05, 4.69) is 5.32 Å². The standard InChI is InChI=1S/C19H17F2NO4/c1-26-16-7-10(5-6-11(16)19(24)25)9-22-18(23)13-8-12(13)17-14(20)3-2-4-15(17)21/h2-7,12-13H,8-9H2,1H3,(H,22,23)(H,24,25)/t12-,13+/m0/s1. The smallest absolute Gasteiger partial charge is 0.339 e. The number of carbonyl (C=O) groups excluding carboxylic acids is 1. The number of methoxy groups -OCH3 is 1. The van der Waals surface area contributed by atoms with E-state index in [1.807, 2.05) is 0 Å². The molecule has 0 radical (unpaired) electrons. The van der Waals surface area contributed by atoms with Crippen molar-refractivity contribution < 1.29 is 28.2 Å². The Bertz CT molecular complexity index is 848. The van der Waals surface area contributed by atoms with Crippen LogP contribution in [0, 0.1) is 17.6 Å². The molecule has 5 nitrogen and oxygen atoms in total. The van der Waals surface area contributed by atoms with Crippen molar-refractivity contribution in [2.75, 3.05) is 7.11 Å². The monoisotopic (exact) mass is 361 g/mol. The molecule has 1 aliphatic carbocycles. The maximum absolute atomic E-state index is 13.8. The summed E-state index contributed by atoms with van der Waals surface area (Å²) >= 11 is 0. The van der Waals surface area contributed by atoms with Crippen molar-refractivity contribution in [3.05, 3.63) is 64.7 Å². The molecule has 2 atom stereocenters. The summed E-state index contributed by atoms with van der Waals surface area (Å²) < 4.78 is 32.6. The van der Waals surface area contributed by atoms with Crippen molar-refractivity contribution in [2.24, 2.45) is 5.92 Å². The topological polar surface area (TPSA) is 75.6 Å². The maximum atomic E-state index is 13.8. The van der Waals surface area contributed by atoms with E-state index in [-0.39, 0.29) is 29.3 Å². The fraction of sp³-hybridized carbons (Fsp3) is 0.263. The van der Waals surface area contributed by atoms with Gasteiger partial charge < -0.3 is 15.2 Å². The number of halogens is 2. The molecule has 1 fully saturated rings. The lowest BCUT2D eigenvalue weighted by atomic mass is 10.1. The minimum Gasteiger partial charge on any atom is -0.496 e. The van der Waals surface area contributed by atoms with Crippen LogP contribution in [0.25, 0.3) is 0 Å². The van der Waals surface area contributed by atoms with Crippen LogP contribution in [0.2, 0.25) is 0 Å². The van der Waals surface area contributed by atoms with Gasteiger partial charge in [0.15, 0.2) is 0 Å². The molecular weight excluding hydrogens is 344 g/mol. The van der Waals surface area contributed by atoms with E-state index < -0.39 is 29.4 Å². The molecule has 2 aromatic carbocycles. The third-order valence-corrected chi connectivity index (χ3v) is 4.46. The van der Waals surface area contributed by atoms with Crippen molar-refractivity contribution >= 4 is 11.9 Å². The van der Waals surface area contributed by atoms with Crippen LogP contribution >= 0.6 is 0 Å². The van der Waals surface area contributed by atoms with E-state index in [1.54, 1.807) is 6.07 Å². The van der Waals surface area contributed by atoms with Crippen molar-refractivity contribution in [3.63, 3.8) is 0 Å². The number of rotatable bonds is 6. The number of aromatic carboxylic acids is 1. The summed E-state index contributed by atoms with van der Waals surface area (Å²) in [6.45, 7) is 0.165. The minimum absolute atomic E-state index is 0.0276. The highest BCUT2D eigenvalue weighted by Crippen LogP contribution is 2.49. The molecule has 1 saturated carbocycles. The van der Waals surface area contributed by atoms with Crippen LogP contribution in [0.1, 0.15) is 33.8 Å². The molecule has 2 N–H and O–H groups in total. The molecule has 0 aliphatic heterocycles. The van der Waals surface area contributed by atoms with Crippen molar-refractivity contribution in [3.8, 4) is 5.75 Å². The summed E-state index contributed by atoms with van der Waals surface area (Å²) in [6.07, 6.45) is 0.394. The predicted octanol–water partition coefficient (Wildman–Crippen LogP) is 3.09. The Morgan fingerprint density at radius 2 is 1.92 bits per heavy atom. The van der Waals surface area contributed by atoms with Gasteiger partial charge in [-0.15, -0.1) is 0 Å². The Hall–Kier alpha value is -2.96. The summed E-state index contributed by atoms with van der Waals surface area (Å²) in [4.78, 5) is 23.3.